The first-order valence-corrected chi connectivity index (χ1v) is 9.30. The van der Waals surface area contributed by atoms with E-state index < -0.39 is 60.2 Å². The molecule has 0 heterocycles. The van der Waals surface area contributed by atoms with Gasteiger partial charge in [-0.3, -0.25) is 24.0 Å². The van der Waals surface area contributed by atoms with Crippen molar-refractivity contribution in [3.8, 4) is 5.75 Å². The van der Waals surface area contributed by atoms with E-state index in [4.69, 9.17) is 15.9 Å². The van der Waals surface area contributed by atoms with Crippen molar-refractivity contribution in [1.29, 1.82) is 0 Å². The standard InChI is InChI=1S/C19H26N4O8/c1-9(20)16(27)22-13(7-11-3-5-12(24)6-4-11)18(29)23-14(8-15(25)26)17(28)21-10(2)19(30)31/h3-6,9-10,13-14,24H,7-8,20H2,1-2H3,(H,21,28)(H,22,27)(H,23,29)(H,25,26)(H,30,31). The Labute approximate surface area is 177 Å². The van der Waals surface area contributed by atoms with Gasteiger partial charge in [0.25, 0.3) is 0 Å². The Hall–Kier alpha value is -3.67. The van der Waals surface area contributed by atoms with Gasteiger partial charge in [-0.25, -0.2) is 0 Å². The summed E-state index contributed by atoms with van der Waals surface area (Å²) in [5, 5.41) is 34.1. The highest BCUT2D eigenvalue weighted by Crippen LogP contribution is 2.12. The number of aromatic hydroxyl groups is 1. The number of benzene rings is 1. The van der Waals surface area contributed by atoms with Gasteiger partial charge in [-0.2, -0.15) is 0 Å². The molecule has 0 fully saturated rings. The molecule has 1 aromatic rings. The summed E-state index contributed by atoms with van der Waals surface area (Å²) in [6.07, 6.45) is -0.853. The molecule has 170 valence electrons. The topological polar surface area (TPSA) is 208 Å². The van der Waals surface area contributed by atoms with E-state index in [2.05, 4.69) is 16.0 Å². The zero-order valence-corrected chi connectivity index (χ0v) is 17.0. The van der Waals surface area contributed by atoms with Crippen molar-refractivity contribution in [3.63, 3.8) is 0 Å². The molecular weight excluding hydrogens is 412 g/mol. The van der Waals surface area contributed by atoms with Gasteiger partial charge >= 0.3 is 11.9 Å². The Morgan fingerprint density at radius 2 is 1.39 bits per heavy atom. The number of carboxylic acids is 2. The predicted molar refractivity (Wildman–Crippen MR) is 107 cm³/mol. The van der Waals surface area contributed by atoms with E-state index in [1.807, 2.05) is 0 Å². The van der Waals surface area contributed by atoms with E-state index in [1.165, 1.54) is 38.1 Å². The van der Waals surface area contributed by atoms with Crippen LogP contribution in [0.1, 0.15) is 25.8 Å². The molecule has 0 spiro atoms. The average molecular weight is 438 g/mol. The predicted octanol–water partition coefficient (Wildman–Crippen LogP) is -1.68. The van der Waals surface area contributed by atoms with Crippen LogP contribution in [0, 0.1) is 0 Å². The Morgan fingerprint density at radius 1 is 0.871 bits per heavy atom. The number of carbonyl (C=O) groups excluding carboxylic acids is 3. The second-order valence-corrected chi connectivity index (χ2v) is 6.95. The van der Waals surface area contributed by atoms with E-state index in [1.54, 1.807) is 0 Å². The molecular formula is C19H26N4O8. The monoisotopic (exact) mass is 438 g/mol. The molecule has 8 N–H and O–H groups in total. The third-order valence-electron chi connectivity index (χ3n) is 4.16. The van der Waals surface area contributed by atoms with Crippen LogP contribution in [0.3, 0.4) is 0 Å². The smallest absolute Gasteiger partial charge is 0.325 e. The molecule has 12 heteroatoms. The van der Waals surface area contributed by atoms with Crippen LogP contribution in [0.25, 0.3) is 0 Å². The van der Waals surface area contributed by atoms with E-state index >= 15 is 0 Å². The minimum atomic E-state index is -1.58. The summed E-state index contributed by atoms with van der Waals surface area (Å²) in [6, 6.07) is 0.742. The number of rotatable bonds is 11. The SMILES string of the molecule is CC(N)C(=O)NC(Cc1ccc(O)cc1)C(=O)NC(CC(=O)O)C(=O)NC(C)C(=O)O. The fourth-order valence-corrected chi connectivity index (χ4v) is 2.41. The van der Waals surface area contributed by atoms with Crippen molar-refractivity contribution in [2.75, 3.05) is 0 Å². The molecule has 3 amide bonds. The van der Waals surface area contributed by atoms with Crippen LogP contribution in [0.5, 0.6) is 5.75 Å². The van der Waals surface area contributed by atoms with Crippen LogP contribution in [-0.4, -0.2) is 69.1 Å². The first-order chi connectivity index (χ1) is 14.4. The molecule has 4 unspecified atom stereocenters. The average Bonchev–Trinajstić information content (AvgIpc) is 2.67. The lowest BCUT2D eigenvalue weighted by molar-refractivity contribution is -0.143. The second-order valence-electron chi connectivity index (χ2n) is 6.95. The van der Waals surface area contributed by atoms with Crippen molar-refractivity contribution < 1.29 is 39.3 Å². The van der Waals surface area contributed by atoms with Crippen molar-refractivity contribution in [1.82, 2.24) is 16.0 Å². The van der Waals surface area contributed by atoms with E-state index in [0.717, 1.165) is 0 Å². The van der Waals surface area contributed by atoms with Crippen molar-refractivity contribution in [2.24, 2.45) is 5.73 Å². The van der Waals surface area contributed by atoms with Crippen LogP contribution in [-0.2, 0) is 30.4 Å². The summed E-state index contributed by atoms with van der Waals surface area (Å²) in [5.41, 5.74) is 6.08. The van der Waals surface area contributed by atoms with Gasteiger partial charge in [0.05, 0.1) is 12.5 Å². The Balaban J connectivity index is 3.04. The number of carboxylic acid groups (broad SMARTS) is 2. The van der Waals surface area contributed by atoms with Crippen LogP contribution >= 0.6 is 0 Å². The molecule has 0 saturated heterocycles. The van der Waals surface area contributed by atoms with Crippen molar-refractivity contribution >= 4 is 29.7 Å². The summed E-state index contributed by atoms with van der Waals surface area (Å²) in [4.78, 5) is 59.1. The number of phenolic OH excluding ortho intramolecular Hbond substituents is 1. The number of carbonyl (C=O) groups is 5. The minimum absolute atomic E-state index is 0.00453. The first kappa shape index (κ1) is 25.4. The highest BCUT2D eigenvalue weighted by Gasteiger charge is 2.30. The number of hydrogen-bond donors (Lipinski definition) is 7. The number of aliphatic carboxylic acids is 2. The Kier molecular flexibility index (Phi) is 9.41. The molecule has 0 bridgehead atoms. The molecule has 0 aliphatic heterocycles. The van der Waals surface area contributed by atoms with Gasteiger partial charge in [-0.1, -0.05) is 12.1 Å². The summed E-state index contributed by atoms with van der Waals surface area (Å²) in [6.45, 7) is 2.58. The molecule has 0 aliphatic rings. The molecule has 4 atom stereocenters. The maximum atomic E-state index is 12.8. The lowest BCUT2D eigenvalue weighted by atomic mass is 10.0. The molecule has 0 aromatic heterocycles. The molecule has 1 rings (SSSR count). The third kappa shape index (κ3) is 8.70. The fraction of sp³-hybridized carbons (Fsp3) is 0.421. The minimum Gasteiger partial charge on any atom is -0.508 e. The summed E-state index contributed by atoms with van der Waals surface area (Å²) in [7, 11) is 0. The van der Waals surface area contributed by atoms with Gasteiger partial charge < -0.3 is 37.0 Å². The lowest BCUT2D eigenvalue weighted by Crippen LogP contribution is -2.57. The molecule has 12 nitrogen and oxygen atoms in total. The van der Waals surface area contributed by atoms with Gasteiger partial charge in [-0.15, -0.1) is 0 Å². The summed E-state index contributed by atoms with van der Waals surface area (Å²) < 4.78 is 0. The van der Waals surface area contributed by atoms with Gasteiger partial charge in [0, 0.05) is 6.42 Å². The van der Waals surface area contributed by atoms with Gasteiger partial charge in [0.15, 0.2) is 0 Å². The molecule has 0 radical (unpaired) electrons. The van der Waals surface area contributed by atoms with Crippen LogP contribution in [0.4, 0.5) is 0 Å². The van der Waals surface area contributed by atoms with Crippen molar-refractivity contribution in [2.45, 2.75) is 50.9 Å². The quantitative estimate of drug-likeness (QED) is 0.210. The van der Waals surface area contributed by atoms with Crippen LogP contribution in [0.2, 0.25) is 0 Å². The van der Waals surface area contributed by atoms with E-state index in [-0.39, 0.29) is 12.2 Å². The third-order valence-corrected chi connectivity index (χ3v) is 4.16. The Morgan fingerprint density at radius 3 is 1.87 bits per heavy atom. The van der Waals surface area contributed by atoms with Gasteiger partial charge in [0.1, 0.15) is 23.9 Å². The lowest BCUT2D eigenvalue weighted by Gasteiger charge is -2.23. The second kappa shape index (κ2) is 11.5. The fourth-order valence-electron chi connectivity index (χ4n) is 2.41. The largest absolute Gasteiger partial charge is 0.508 e. The summed E-state index contributed by atoms with van der Waals surface area (Å²) in [5.74, 6) is -5.28. The van der Waals surface area contributed by atoms with Crippen LogP contribution < -0.4 is 21.7 Å². The number of phenols is 1. The van der Waals surface area contributed by atoms with E-state index in [0.29, 0.717) is 5.56 Å². The first-order valence-electron chi connectivity index (χ1n) is 9.30. The number of hydrogen-bond acceptors (Lipinski definition) is 7. The maximum absolute atomic E-state index is 12.8. The summed E-state index contributed by atoms with van der Waals surface area (Å²) >= 11 is 0. The number of amides is 3. The van der Waals surface area contributed by atoms with Crippen molar-refractivity contribution in [3.05, 3.63) is 29.8 Å². The normalized spacial score (nSPS) is 14.4. The van der Waals surface area contributed by atoms with Gasteiger partial charge in [-0.05, 0) is 31.5 Å². The highest BCUT2D eigenvalue weighted by atomic mass is 16.4. The number of nitrogens with two attached hydrogens (primary N) is 1. The number of nitrogens with one attached hydrogen (secondary N) is 3. The molecule has 0 saturated carbocycles. The zero-order valence-electron chi connectivity index (χ0n) is 17.0. The zero-order chi connectivity index (χ0) is 23.7. The van der Waals surface area contributed by atoms with Crippen LogP contribution in [0.15, 0.2) is 24.3 Å². The van der Waals surface area contributed by atoms with E-state index in [9.17, 15) is 29.1 Å². The molecule has 0 aliphatic carbocycles. The Bertz CT molecular complexity index is 825. The van der Waals surface area contributed by atoms with Gasteiger partial charge in [0.2, 0.25) is 17.7 Å². The molecule has 1 aromatic carbocycles. The highest BCUT2D eigenvalue weighted by molar-refractivity contribution is 5.95. The maximum Gasteiger partial charge on any atom is 0.325 e. The molecule has 31 heavy (non-hydrogen) atoms.